The first-order chi connectivity index (χ1) is 8.24. The number of hydrogen-bond donors (Lipinski definition) is 3. The minimum Gasteiger partial charge on any atom is -0.465 e. The van der Waals surface area contributed by atoms with Crippen LogP contribution in [0.5, 0.6) is 0 Å². The van der Waals surface area contributed by atoms with Crippen molar-refractivity contribution in [1.82, 2.24) is 10.2 Å². The predicted molar refractivity (Wildman–Crippen MR) is 61.7 cm³/mol. The summed E-state index contributed by atoms with van der Waals surface area (Å²) >= 11 is 0. The van der Waals surface area contributed by atoms with Gasteiger partial charge in [-0.05, 0) is 18.4 Å². The summed E-state index contributed by atoms with van der Waals surface area (Å²) in [4.78, 5) is 13.6. The molecule has 1 amide bonds. The number of carboxylic acid groups (broad SMARTS) is 1. The summed E-state index contributed by atoms with van der Waals surface area (Å²) in [5.41, 5.74) is 7.44. The first-order valence-electron chi connectivity index (χ1n) is 5.31. The normalized spacial score (nSPS) is 11.3. The molecule has 6 heteroatoms. The monoisotopic (exact) mass is 235 g/mol. The Labute approximate surface area is 98.9 Å². The van der Waals surface area contributed by atoms with E-state index in [2.05, 4.69) is 15.3 Å². The molecule has 1 aromatic carbocycles. The summed E-state index contributed by atoms with van der Waals surface area (Å²) in [7, 11) is 0. The number of amides is 1. The lowest BCUT2D eigenvalue weighted by Gasteiger charge is -2.16. The Morgan fingerprint density at radius 3 is 2.76 bits per heavy atom. The predicted octanol–water partition coefficient (Wildman–Crippen LogP) is 2.33. The van der Waals surface area contributed by atoms with Crippen molar-refractivity contribution < 1.29 is 9.90 Å². The van der Waals surface area contributed by atoms with E-state index in [1.54, 1.807) is 0 Å². The molecule has 17 heavy (non-hydrogen) atoms. The van der Waals surface area contributed by atoms with Gasteiger partial charge < -0.3 is 10.4 Å². The molecule has 0 bridgehead atoms. The Balaban J connectivity index is 2.60. The molecule has 1 unspecified atom stereocenters. The van der Waals surface area contributed by atoms with E-state index in [9.17, 15) is 4.79 Å². The number of nitrogens with one attached hydrogen (secondary N) is 2. The van der Waals surface area contributed by atoms with Crippen LogP contribution >= 0.6 is 0 Å². The van der Waals surface area contributed by atoms with Crippen LogP contribution < -0.4 is 10.2 Å². The highest BCUT2D eigenvalue weighted by molar-refractivity contribution is 5.65. The summed E-state index contributed by atoms with van der Waals surface area (Å²) in [5, 5.41) is 14.8. The van der Waals surface area contributed by atoms with E-state index in [0.29, 0.717) is 19.4 Å². The summed E-state index contributed by atoms with van der Waals surface area (Å²) in [6.07, 6.45) is 0.276. The Morgan fingerprint density at radius 1 is 1.47 bits per heavy atom. The average Bonchev–Trinajstić information content (AvgIpc) is 2.34. The van der Waals surface area contributed by atoms with Crippen LogP contribution in [0.3, 0.4) is 0 Å². The van der Waals surface area contributed by atoms with E-state index in [0.717, 1.165) is 5.56 Å². The summed E-state index contributed by atoms with van der Waals surface area (Å²) in [6.45, 7) is 0.439. The van der Waals surface area contributed by atoms with Crippen molar-refractivity contribution in [2.75, 3.05) is 6.54 Å². The Kier molecular flexibility index (Phi) is 5.40. The SMILES string of the molecule is N=[N+]=NCCCC(NC(=O)O)c1ccccc1. The molecular weight excluding hydrogens is 220 g/mol. The average molecular weight is 235 g/mol. The largest absolute Gasteiger partial charge is 0.465 e. The summed E-state index contributed by atoms with van der Waals surface area (Å²) in [6, 6.07) is 9.15. The van der Waals surface area contributed by atoms with Gasteiger partial charge in [0.1, 0.15) is 17.2 Å². The molecule has 0 aliphatic rings. The Hall–Kier alpha value is -2.20. The van der Waals surface area contributed by atoms with Gasteiger partial charge in [0.05, 0.1) is 6.04 Å². The number of benzene rings is 1. The lowest BCUT2D eigenvalue weighted by atomic mass is 10.0. The van der Waals surface area contributed by atoms with Crippen LogP contribution in [0.4, 0.5) is 4.79 Å². The van der Waals surface area contributed by atoms with Crippen LogP contribution in [0.1, 0.15) is 24.4 Å². The van der Waals surface area contributed by atoms with Crippen molar-refractivity contribution in [3.8, 4) is 0 Å². The molecule has 3 N–H and O–H groups in total. The van der Waals surface area contributed by atoms with Crippen molar-refractivity contribution >= 4 is 6.09 Å². The van der Waals surface area contributed by atoms with Gasteiger partial charge in [-0.1, -0.05) is 30.3 Å². The molecule has 0 saturated heterocycles. The fourth-order valence-electron chi connectivity index (χ4n) is 1.57. The second kappa shape index (κ2) is 7.14. The van der Waals surface area contributed by atoms with Gasteiger partial charge in [-0.2, -0.15) is 0 Å². The highest BCUT2D eigenvalue weighted by atomic mass is 16.4. The fraction of sp³-hybridized carbons (Fsp3) is 0.364. The molecule has 1 atom stereocenters. The number of carbonyl (C=O) groups is 1. The summed E-state index contributed by atoms with van der Waals surface area (Å²) < 4.78 is 0. The quantitative estimate of drug-likeness (QED) is 0.400. The number of hydrogen-bond acceptors (Lipinski definition) is 3. The second-order valence-corrected chi connectivity index (χ2v) is 3.52. The van der Waals surface area contributed by atoms with Crippen LogP contribution in [-0.4, -0.2) is 17.7 Å². The van der Waals surface area contributed by atoms with E-state index in [1.165, 1.54) is 0 Å². The first-order valence-corrected chi connectivity index (χ1v) is 5.31. The Bertz CT molecular complexity index is 401. The topological polar surface area (TPSA) is 99.6 Å². The minimum atomic E-state index is -1.04. The number of rotatable bonds is 6. The van der Waals surface area contributed by atoms with Gasteiger partial charge in [-0.3, -0.25) is 0 Å². The smallest absolute Gasteiger partial charge is 0.405 e. The van der Waals surface area contributed by atoms with Gasteiger partial charge in [0, 0.05) is 0 Å². The van der Waals surface area contributed by atoms with Crippen LogP contribution in [0.2, 0.25) is 0 Å². The van der Waals surface area contributed by atoms with Crippen molar-refractivity contribution in [1.29, 1.82) is 5.53 Å². The van der Waals surface area contributed by atoms with Gasteiger partial charge in [0.2, 0.25) is 4.91 Å². The van der Waals surface area contributed by atoms with E-state index >= 15 is 0 Å². The van der Waals surface area contributed by atoms with Crippen LogP contribution in [0, 0.1) is 5.53 Å². The van der Waals surface area contributed by atoms with Gasteiger partial charge >= 0.3 is 6.09 Å². The highest BCUT2D eigenvalue weighted by Gasteiger charge is 2.13. The molecule has 1 aromatic rings. The number of nitrogens with zero attached hydrogens (tertiary/aromatic N) is 2. The maximum atomic E-state index is 10.7. The molecule has 90 valence electrons. The second-order valence-electron chi connectivity index (χ2n) is 3.52. The molecule has 0 saturated carbocycles. The maximum Gasteiger partial charge on any atom is 0.405 e. The molecule has 6 nitrogen and oxygen atoms in total. The molecule has 0 aliphatic heterocycles. The molecular formula is C11H15N4O2+. The molecule has 0 aromatic heterocycles. The third-order valence-electron chi connectivity index (χ3n) is 2.32. The first kappa shape index (κ1) is 12.9. The highest BCUT2D eigenvalue weighted by Crippen LogP contribution is 2.18. The molecule has 0 heterocycles. The molecule has 0 aliphatic carbocycles. The van der Waals surface area contributed by atoms with Gasteiger partial charge in [0.15, 0.2) is 0 Å². The zero-order chi connectivity index (χ0) is 12.5. The molecule has 0 fully saturated rings. The third-order valence-corrected chi connectivity index (χ3v) is 2.32. The van der Waals surface area contributed by atoms with Gasteiger partial charge in [-0.15, -0.1) is 0 Å². The van der Waals surface area contributed by atoms with Crippen LogP contribution in [0.15, 0.2) is 35.4 Å². The van der Waals surface area contributed by atoms with E-state index < -0.39 is 6.09 Å². The van der Waals surface area contributed by atoms with Crippen LogP contribution in [0.25, 0.3) is 0 Å². The lowest BCUT2D eigenvalue weighted by molar-refractivity contribution is 0.189. The van der Waals surface area contributed by atoms with Crippen molar-refractivity contribution in [3.05, 3.63) is 35.9 Å². The minimum absolute atomic E-state index is 0.241. The molecule has 1 rings (SSSR count). The van der Waals surface area contributed by atoms with Gasteiger partial charge in [0.25, 0.3) is 0 Å². The van der Waals surface area contributed by atoms with E-state index in [1.807, 2.05) is 30.3 Å². The van der Waals surface area contributed by atoms with Crippen molar-refractivity contribution in [2.24, 2.45) is 5.11 Å². The lowest BCUT2D eigenvalue weighted by Crippen LogP contribution is -2.26. The van der Waals surface area contributed by atoms with Gasteiger partial charge in [-0.25, -0.2) is 4.79 Å². The standard InChI is InChI=1S/C11H14N4O2/c12-15-13-8-4-7-10(14-11(16)17)9-5-2-1-3-6-9/h1-3,5-6,10,12,14H,4,7-8H2/p+1. The van der Waals surface area contributed by atoms with E-state index in [-0.39, 0.29) is 6.04 Å². The summed E-state index contributed by atoms with van der Waals surface area (Å²) in [5.74, 6) is 0. The molecule has 0 radical (unpaired) electrons. The van der Waals surface area contributed by atoms with Crippen LogP contribution in [-0.2, 0) is 0 Å². The zero-order valence-corrected chi connectivity index (χ0v) is 9.34. The fourth-order valence-corrected chi connectivity index (χ4v) is 1.57. The Morgan fingerprint density at radius 2 is 2.18 bits per heavy atom. The van der Waals surface area contributed by atoms with E-state index in [4.69, 9.17) is 10.6 Å². The van der Waals surface area contributed by atoms with Crippen molar-refractivity contribution in [2.45, 2.75) is 18.9 Å². The zero-order valence-electron chi connectivity index (χ0n) is 9.34. The van der Waals surface area contributed by atoms with Crippen molar-refractivity contribution in [3.63, 3.8) is 0 Å². The maximum absolute atomic E-state index is 10.7. The molecule has 0 spiro atoms. The third kappa shape index (κ3) is 4.90.